The molecule has 8 bridgehead atoms. The van der Waals surface area contributed by atoms with E-state index in [-0.39, 0.29) is 0 Å². The molecule has 0 aliphatic heterocycles. The second-order valence-corrected chi connectivity index (χ2v) is 8.45. The van der Waals surface area contributed by atoms with Crippen LogP contribution in [-0.2, 0) is 0 Å². The van der Waals surface area contributed by atoms with Gasteiger partial charge in [-0.1, -0.05) is 26.0 Å². The van der Waals surface area contributed by atoms with Crippen molar-refractivity contribution in [1.82, 2.24) is 0 Å². The smallest absolute Gasteiger partial charge is 0.0194 e. The number of fused-ring (bicyclic) bond motifs is 1. The Hall–Kier alpha value is -0.260. The third kappa shape index (κ3) is 0.958. The second-order valence-electron chi connectivity index (χ2n) is 8.45. The van der Waals surface area contributed by atoms with Crippen LogP contribution in [0, 0.1) is 52.8 Å². The summed E-state index contributed by atoms with van der Waals surface area (Å²) < 4.78 is 0. The van der Waals surface area contributed by atoms with Gasteiger partial charge in [0.1, 0.15) is 0 Å². The van der Waals surface area contributed by atoms with Gasteiger partial charge in [0, 0.05) is 0 Å². The van der Waals surface area contributed by atoms with E-state index in [4.69, 9.17) is 0 Å². The molecule has 0 heterocycles. The Morgan fingerprint density at radius 1 is 0.889 bits per heavy atom. The summed E-state index contributed by atoms with van der Waals surface area (Å²) in [5.74, 6) is 8.43. The summed E-state index contributed by atoms with van der Waals surface area (Å²) in [6.45, 7) is 5.30. The van der Waals surface area contributed by atoms with Crippen LogP contribution in [-0.4, -0.2) is 0 Å². The normalized spacial score (nSPS) is 67.4. The molecule has 98 valence electrons. The van der Waals surface area contributed by atoms with Crippen molar-refractivity contribution in [3.05, 3.63) is 12.2 Å². The molecule has 0 aromatic carbocycles. The van der Waals surface area contributed by atoms with Crippen molar-refractivity contribution in [3.63, 3.8) is 0 Å². The highest BCUT2D eigenvalue weighted by molar-refractivity contribution is 5.20. The Bertz CT molecular complexity index is 422. The molecule has 0 heteroatoms. The standard InChI is InChI=1S/C18H26/c1-10-14-8-17-13-6-4-11-3-5-12(7-11)16(9-15(13)14)18(10,17)2/h3,5,10-17H,4,6-9H2,1-2H3. The van der Waals surface area contributed by atoms with Crippen LogP contribution in [0.3, 0.4) is 0 Å². The van der Waals surface area contributed by atoms with E-state index in [1.807, 2.05) is 0 Å². The summed E-state index contributed by atoms with van der Waals surface area (Å²) in [5.41, 5.74) is 0.707. The Balaban J connectivity index is 1.67. The fourth-order valence-corrected chi connectivity index (χ4v) is 7.63. The monoisotopic (exact) mass is 242 g/mol. The zero-order valence-electron chi connectivity index (χ0n) is 11.8. The van der Waals surface area contributed by atoms with Crippen molar-refractivity contribution in [1.29, 1.82) is 0 Å². The Kier molecular flexibility index (Phi) is 1.80. The van der Waals surface area contributed by atoms with Crippen molar-refractivity contribution < 1.29 is 0 Å². The molecular weight excluding hydrogens is 216 g/mol. The van der Waals surface area contributed by atoms with Gasteiger partial charge in [-0.05, 0) is 84.9 Å². The molecule has 0 radical (unpaired) electrons. The summed E-state index contributed by atoms with van der Waals surface area (Å²) in [6.07, 6.45) is 13.0. The van der Waals surface area contributed by atoms with Crippen LogP contribution in [0.4, 0.5) is 0 Å². The molecule has 0 spiro atoms. The maximum Gasteiger partial charge on any atom is -0.0194 e. The molecule has 7 rings (SSSR count). The number of allylic oxidation sites excluding steroid dienone is 2. The van der Waals surface area contributed by atoms with E-state index in [1.54, 1.807) is 19.3 Å². The Morgan fingerprint density at radius 2 is 1.72 bits per heavy atom. The lowest BCUT2D eigenvalue weighted by atomic mass is 9.46. The van der Waals surface area contributed by atoms with Gasteiger partial charge >= 0.3 is 0 Å². The molecule has 18 heavy (non-hydrogen) atoms. The van der Waals surface area contributed by atoms with Crippen molar-refractivity contribution in [2.45, 2.75) is 46.0 Å². The van der Waals surface area contributed by atoms with E-state index in [2.05, 4.69) is 26.0 Å². The minimum Gasteiger partial charge on any atom is -0.0851 e. The first-order valence-corrected chi connectivity index (χ1v) is 8.38. The SMILES string of the molecule is CC1C2CC3C4CCC5C=CC(C5)C(CC24)C13C. The van der Waals surface area contributed by atoms with E-state index >= 15 is 0 Å². The van der Waals surface area contributed by atoms with Crippen LogP contribution in [0.1, 0.15) is 46.0 Å². The van der Waals surface area contributed by atoms with E-state index in [1.165, 1.54) is 12.8 Å². The first-order valence-electron chi connectivity index (χ1n) is 8.38. The minimum absolute atomic E-state index is 0.707. The Morgan fingerprint density at radius 3 is 2.61 bits per heavy atom. The molecule has 7 aliphatic carbocycles. The van der Waals surface area contributed by atoms with Crippen LogP contribution < -0.4 is 0 Å². The molecule has 9 atom stereocenters. The van der Waals surface area contributed by atoms with Crippen molar-refractivity contribution >= 4 is 0 Å². The maximum atomic E-state index is 2.70. The van der Waals surface area contributed by atoms with Gasteiger partial charge in [0.15, 0.2) is 0 Å². The lowest BCUT2D eigenvalue weighted by molar-refractivity contribution is -0.105. The van der Waals surface area contributed by atoms with Crippen molar-refractivity contribution in [2.75, 3.05) is 0 Å². The van der Waals surface area contributed by atoms with Gasteiger partial charge in [-0.3, -0.25) is 0 Å². The number of hydrogen-bond acceptors (Lipinski definition) is 0. The fourth-order valence-electron chi connectivity index (χ4n) is 7.63. The summed E-state index contributed by atoms with van der Waals surface area (Å²) >= 11 is 0. The van der Waals surface area contributed by atoms with E-state index in [0.29, 0.717) is 5.41 Å². The summed E-state index contributed by atoms with van der Waals surface area (Å²) in [7, 11) is 0. The highest BCUT2D eigenvalue weighted by Gasteiger charge is 2.69. The third-order valence-electron chi connectivity index (χ3n) is 8.48. The molecule has 6 fully saturated rings. The molecule has 7 aliphatic rings. The van der Waals surface area contributed by atoms with E-state index < -0.39 is 0 Å². The Labute approximate surface area is 111 Å². The van der Waals surface area contributed by atoms with Gasteiger partial charge in [0.25, 0.3) is 0 Å². The predicted molar refractivity (Wildman–Crippen MR) is 73.9 cm³/mol. The number of rotatable bonds is 0. The highest BCUT2D eigenvalue weighted by atomic mass is 14.7. The van der Waals surface area contributed by atoms with Crippen molar-refractivity contribution in [2.24, 2.45) is 52.8 Å². The molecule has 0 N–H and O–H groups in total. The van der Waals surface area contributed by atoms with Gasteiger partial charge in [-0.15, -0.1) is 0 Å². The molecule has 0 aromatic rings. The van der Waals surface area contributed by atoms with E-state index in [0.717, 1.165) is 47.3 Å². The second kappa shape index (κ2) is 3.07. The molecule has 0 nitrogen and oxygen atoms in total. The summed E-state index contributed by atoms with van der Waals surface area (Å²) in [4.78, 5) is 0. The maximum absolute atomic E-state index is 2.70. The van der Waals surface area contributed by atoms with Crippen LogP contribution in [0.5, 0.6) is 0 Å². The first kappa shape index (κ1) is 10.5. The lowest BCUT2D eigenvalue weighted by Crippen LogP contribution is -2.53. The van der Waals surface area contributed by atoms with Gasteiger partial charge in [0.05, 0.1) is 0 Å². The summed E-state index contributed by atoms with van der Waals surface area (Å²) in [5, 5.41) is 0. The number of hydrogen-bond donors (Lipinski definition) is 0. The van der Waals surface area contributed by atoms with Gasteiger partial charge in [-0.25, -0.2) is 0 Å². The van der Waals surface area contributed by atoms with Gasteiger partial charge in [-0.2, -0.15) is 0 Å². The fraction of sp³-hybridized carbons (Fsp3) is 0.889. The topological polar surface area (TPSA) is 0 Å². The lowest BCUT2D eigenvalue weighted by Gasteiger charge is -2.59. The zero-order valence-corrected chi connectivity index (χ0v) is 11.8. The molecule has 6 saturated carbocycles. The average Bonchev–Trinajstić information content (AvgIpc) is 3.00. The van der Waals surface area contributed by atoms with Gasteiger partial charge in [0.2, 0.25) is 0 Å². The summed E-state index contributed by atoms with van der Waals surface area (Å²) in [6, 6.07) is 0. The molecular formula is C18H26. The van der Waals surface area contributed by atoms with Crippen LogP contribution >= 0.6 is 0 Å². The molecule has 0 aromatic heterocycles. The molecule has 9 unspecified atom stereocenters. The highest BCUT2D eigenvalue weighted by Crippen LogP contribution is 2.75. The largest absolute Gasteiger partial charge is 0.0851 e. The zero-order chi connectivity index (χ0) is 12.1. The third-order valence-corrected chi connectivity index (χ3v) is 8.48. The van der Waals surface area contributed by atoms with Crippen LogP contribution in [0.25, 0.3) is 0 Å². The van der Waals surface area contributed by atoms with Crippen molar-refractivity contribution in [3.8, 4) is 0 Å². The van der Waals surface area contributed by atoms with Crippen LogP contribution in [0.2, 0.25) is 0 Å². The van der Waals surface area contributed by atoms with E-state index in [9.17, 15) is 0 Å². The molecule has 0 amide bonds. The van der Waals surface area contributed by atoms with Gasteiger partial charge < -0.3 is 0 Å². The average molecular weight is 242 g/mol. The quantitative estimate of drug-likeness (QED) is 0.548. The predicted octanol–water partition coefficient (Wildman–Crippen LogP) is 4.52. The first-order chi connectivity index (χ1) is 8.69. The molecule has 0 saturated heterocycles. The minimum atomic E-state index is 0.707. The van der Waals surface area contributed by atoms with Crippen LogP contribution in [0.15, 0.2) is 12.2 Å².